The Morgan fingerprint density at radius 1 is 0.900 bits per heavy atom. The summed E-state index contributed by atoms with van der Waals surface area (Å²) in [4.78, 5) is 0. The standard InChI is InChI=1S/C16H15F3O/c1-2-3-11-4-6-13(7-5-11)20-10-12-8-14(17)16(19)15(18)9-12/h4-9H,2-3,10H2,1H3. The molecule has 0 saturated heterocycles. The molecule has 4 heteroatoms. The van der Waals surface area contributed by atoms with Crippen LogP contribution in [-0.2, 0) is 13.0 Å². The first-order valence-electron chi connectivity index (χ1n) is 6.45. The van der Waals surface area contributed by atoms with Gasteiger partial charge in [-0.2, -0.15) is 0 Å². The molecule has 2 aromatic carbocycles. The van der Waals surface area contributed by atoms with Crippen LogP contribution in [0.5, 0.6) is 5.75 Å². The smallest absolute Gasteiger partial charge is 0.194 e. The fraction of sp³-hybridized carbons (Fsp3) is 0.250. The van der Waals surface area contributed by atoms with Crippen LogP contribution in [0.15, 0.2) is 36.4 Å². The first kappa shape index (κ1) is 14.4. The minimum Gasteiger partial charge on any atom is -0.489 e. The Kier molecular flexibility index (Phi) is 4.66. The van der Waals surface area contributed by atoms with Gasteiger partial charge in [0.1, 0.15) is 12.4 Å². The van der Waals surface area contributed by atoms with Gasteiger partial charge in [-0.25, -0.2) is 13.2 Å². The molecule has 0 aliphatic carbocycles. The summed E-state index contributed by atoms with van der Waals surface area (Å²) in [5.41, 5.74) is 1.46. The lowest BCUT2D eigenvalue weighted by molar-refractivity contribution is 0.303. The van der Waals surface area contributed by atoms with Crippen LogP contribution in [0.4, 0.5) is 13.2 Å². The molecule has 0 unspecified atom stereocenters. The lowest BCUT2D eigenvalue weighted by Gasteiger charge is -2.08. The molecule has 20 heavy (non-hydrogen) atoms. The molecule has 0 aromatic heterocycles. The summed E-state index contributed by atoms with van der Waals surface area (Å²) in [6.07, 6.45) is 2.06. The van der Waals surface area contributed by atoms with Gasteiger partial charge in [0.25, 0.3) is 0 Å². The molecule has 0 fully saturated rings. The summed E-state index contributed by atoms with van der Waals surface area (Å²) < 4.78 is 44.3. The van der Waals surface area contributed by atoms with Crippen LogP contribution < -0.4 is 4.74 Å². The van der Waals surface area contributed by atoms with Gasteiger partial charge in [-0.3, -0.25) is 0 Å². The number of rotatable bonds is 5. The van der Waals surface area contributed by atoms with E-state index in [-0.39, 0.29) is 12.2 Å². The minimum atomic E-state index is -1.46. The molecule has 0 atom stereocenters. The van der Waals surface area contributed by atoms with Gasteiger partial charge in [-0.05, 0) is 41.8 Å². The first-order valence-corrected chi connectivity index (χ1v) is 6.45. The summed E-state index contributed by atoms with van der Waals surface area (Å²) >= 11 is 0. The SMILES string of the molecule is CCCc1ccc(OCc2cc(F)c(F)c(F)c2)cc1. The minimum absolute atomic E-state index is 0.0127. The fourth-order valence-electron chi connectivity index (χ4n) is 1.90. The Balaban J connectivity index is 2.01. The van der Waals surface area contributed by atoms with Gasteiger partial charge in [-0.15, -0.1) is 0 Å². The van der Waals surface area contributed by atoms with Crippen molar-refractivity contribution in [1.29, 1.82) is 0 Å². The van der Waals surface area contributed by atoms with Crippen molar-refractivity contribution in [2.45, 2.75) is 26.4 Å². The zero-order chi connectivity index (χ0) is 14.5. The molecule has 0 amide bonds. The quantitative estimate of drug-likeness (QED) is 0.725. The highest BCUT2D eigenvalue weighted by molar-refractivity contribution is 5.28. The van der Waals surface area contributed by atoms with Gasteiger partial charge in [0.05, 0.1) is 0 Å². The van der Waals surface area contributed by atoms with E-state index in [1.165, 1.54) is 5.56 Å². The van der Waals surface area contributed by atoms with Crippen LogP contribution in [0.2, 0.25) is 0 Å². The number of halogens is 3. The van der Waals surface area contributed by atoms with Gasteiger partial charge in [0, 0.05) is 0 Å². The van der Waals surface area contributed by atoms with Crippen molar-refractivity contribution in [1.82, 2.24) is 0 Å². The molecule has 0 radical (unpaired) electrons. The van der Waals surface area contributed by atoms with Crippen LogP contribution in [0.1, 0.15) is 24.5 Å². The van der Waals surface area contributed by atoms with Gasteiger partial charge in [0.2, 0.25) is 0 Å². The third-order valence-electron chi connectivity index (χ3n) is 2.91. The van der Waals surface area contributed by atoms with Gasteiger partial charge in [-0.1, -0.05) is 25.5 Å². The van der Waals surface area contributed by atoms with Crippen molar-refractivity contribution in [3.63, 3.8) is 0 Å². The Morgan fingerprint density at radius 2 is 1.50 bits per heavy atom. The van der Waals surface area contributed by atoms with Crippen LogP contribution in [0.25, 0.3) is 0 Å². The van der Waals surface area contributed by atoms with E-state index in [4.69, 9.17) is 4.74 Å². The third kappa shape index (κ3) is 3.53. The predicted molar refractivity (Wildman–Crippen MR) is 71.1 cm³/mol. The van der Waals surface area contributed by atoms with Crippen molar-refractivity contribution in [3.05, 3.63) is 65.0 Å². The van der Waals surface area contributed by atoms with Gasteiger partial charge >= 0.3 is 0 Å². The van der Waals surface area contributed by atoms with E-state index < -0.39 is 17.5 Å². The zero-order valence-electron chi connectivity index (χ0n) is 11.1. The van der Waals surface area contributed by atoms with Crippen LogP contribution in [-0.4, -0.2) is 0 Å². The highest BCUT2D eigenvalue weighted by Crippen LogP contribution is 2.17. The Bertz CT molecular complexity index is 556. The molecule has 2 aromatic rings. The number of aryl methyl sites for hydroxylation is 1. The van der Waals surface area contributed by atoms with Crippen molar-refractivity contribution < 1.29 is 17.9 Å². The molecule has 2 rings (SSSR count). The molecule has 0 spiro atoms. The van der Waals surface area contributed by atoms with E-state index >= 15 is 0 Å². The van der Waals surface area contributed by atoms with E-state index in [9.17, 15) is 13.2 Å². The molecule has 106 valence electrons. The number of benzene rings is 2. The van der Waals surface area contributed by atoms with Crippen molar-refractivity contribution in [3.8, 4) is 5.75 Å². The second kappa shape index (κ2) is 6.46. The average Bonchev–Trinajstić information content (AvgIpc) is 2.44. The number of hydrogen-bond acceptors (Lipinski definition) is 1. The van der Waals surface area contributed by atoms with Crippen molar-refractivity contribution >= 4 is 0 Å². The highest BCUT2D eigenvalue weighted by Gasteiger charge is 2.10. The van der Waals surface area contributed by atoms with Crippen molar-refractivity contribution in [2.75, 3.05) is 0 Å². The molecule has 1 nitrogen and oxygen atoms in total. The molecule has 0 aliphatic heterocycles. The van der Waals surface area contributed by atoms with Crippen LogP contribution in [0.3, 0.4) is 0 Å². The predicted octanol–water partition coefficient (Wildman–Crippen LogP) is 4.64. The second-order valence-corrected chi connectivity index (χ2v) is 4.56. The van der Waals surface area contributed by atoms with Gasteiger partial charge in [0.15, 0.2) is 17.5 Å². The summed E-state index contributed by atoms with van der Waals surface area (Å²) in [7, 11) is 0. The Morgan fingerprint density at radius 3 is 2.05 bits per heavy atom. The van der Waals surface area contributed by atoms with E-state index in [0.717, 1.165) is 25.0 Å². The Labute approximate surface area is 116 Å². The number of hydrogen-bond donors (Lipinski definition) is 0. The maximum absolute atomic E-state index is 13.0. The molecule has 0 saturated carbocycles. The van der Waals surface area contributed by atoms with E-state index in [1.807, 2.05) is 12.1 Å². The molecular formula is C16H15F3O. The average molecular weight is 280 g/mol. The maximum Gasteiger partial charge on any atom is 0.194 e. The summed E-state index contributed by atoms with van der Waals surface area (Å²) in [5, 5.41) is 0. The second-order valence-electron chi connectivity index (χ2n) is 4.56. The van der Waals surface area contributed by atoms with Crippen LogP contribution in [0, 0.1) is 17.5 Å². The molecule has 0 bridgehead atoms. The number of ether oxygens (including phenoxy) is 1. The van der Waals surface area contributed by atoms with Gasteiger partial charge < -0.3 is 4.74 Å². The largest absolute Gasteiger partial charge is 0.489 e. The van der Waals surface area contributed by atoms with Crippen LogP contribution >= 0.6 is 0 Å². The normalized spacial score (nSPS) is 10.6. The van der Waals surface area contributed by atoms with Crippen molar-refractivity contribution in [2.24, 2.45) is 0 Å². The molecular weight excluding hydrogens is 265 g/mol. The third-order valence-corrected chi connectivity index (χ3v) is 2.91. The monoisotopic (exact) mass is 280 g/mol. The van der Waals surface area contributed by atoms with E-state index in [2.05, 4.69) is 6.92 Å². The Hall–Kier alpha value is -1.97. The first-order chi connectivity index (χ1) is 9.60. The van der Waals surface area contributed by atoms with E-state index in [0.29, 0.717) is 5.75 Å². The fourth-order valence-corrected chi connectivity index (χ4v) is 1.90. The highest BCUT2D eigenvalue weighted by atomic mass is 19.2. The summed E-state index contributed by atoms with van der Waals surface area (Å²) in [6, 6.07) is 9.38. The summed E-state index contributed by atoms with van der Waals surface area (Å²) in [5.74, 6) is -3.27. The molecule has 0 heterocycles. The molecule has 0 aliphatic rings. The summed E-state index contributed by atoms with van der Waals surface area (Å²) in [6.45, 7) is 2.09. The maximum atomic E-state index is 13.0. The zero-order valence-corrected chi connectivity index (χ0v) is 11.1. The lowest BCUT2D eigenvalue weighted by Crippen LogP contribution is -2.00. The molecule has 0 N–H and O–H groups in total. The topological polar surface area (TPSA) is 9.23 Å². The lowest BCUT2D eigenvalue weighted by atomic mass is 10.1. The van der Waals surface area contributed by atoms with E-state index in [1.54, 1.807) is 12.1 Å².